The van der Waals surface area contributed by atoms with Crippen molar-refractivity contribution in [2.24, 2.45) is 10.3 Å². The number of rotatable bonds is 3. The molecule has 15 heavy (non-hydrogen) atoms. The Hall–Kier alpha value is -2.49. The van der Waals surface area contributed by atoms with E-state index in [1.807, 2.05) is 5.43 Å². The van der Waals surface area contributed by atoms with Gasteiger partial charge in [-0.05, 0) is 12.5 Å². The summed E-state index contributed by atoms with van der Waals surface area (Å²) in [5.41, 5.74) is 3.00. The Balaban J connectivity index is 3.01. The summed E-state index contributed by atoms with van der Waals surface area (Å²) in [5, 5.41) is 25.5. The fourth-order valence-corrected chi connectivity index (χ4v) is 0.920. The van der Waals surface area contributed by atoms with E-state index in [4.69, 9.17) is 5.26 Å². The summed E-state index contributed by atoms with van der Waals surface area (Å²) in [5.74, 6) is 0. The zero-order valence-corrected chi connectivity index (χ0v) is 7.84. The number of nitro benzene ring substituents is 1. The minimum absolute atomic E-state index is 0.0634. The smallest absolute Gasteiger partial charge is 0.258 e. The van der Waals surface area contributed by atoms with Crippen LogP contribution in [0.25, 0.3) is 0 Å². The molecular formula is C8H7N5O2. The van der Waals surface area contributed by atoms with Crippen molar-refractivity contribution in [1.29, 1.82) is 5.26 Å². The Morgan fingerprint density at radius 2 is 2.33 bits per heavy atom. The van der Waals surface area contributed by atoms with Crippen molar-refractivity contribution >= 4 is 11.4 Å². The molecule has 0 aliphatic heterocycles. The Morgan fingerprint density at radius 3 is 2.93 bits per heavy atom. The predicted octanol–water partition coefficient (Wildman–Crippen LogP) is 1.97. The quantitative estimate of drug-likeness (QED) is 0.268. The summed E-state index contributed by atoms with van der Waals surface area (Å²) in [7, 11) is 0. The summed E-state index contributed by atoms with van der Waals surface area (Å²) in [6.07, 6.45) is 1.55. The molecule has 0 bridgehead atoms. The second kappa shape index (κ2) is 4.66. The predicted molar refractivity (Wildman–Crippen MR) is 51.1 cm³/mol. The zero-order chi connectivity index (χ0) is 11.3. The van der Waals surface area contributed by atoms with Crippen LogP contribution in [0, 0.1) is 28.5 Å². The highest BCUT2D eigenvalue weighted by atomic mass is 16.6. The number of nitro groups is 1. The van der Waals surface area contributed by atoms with Gasteiger partial charge < -0.3 is 0 Å². The molecule has 0 fully saturated rings. The van der Waals surface area contributed by atoms with Gasteiger partial charge in [-0.2, -0.15) is 10.7 Å². The molecule has 0 radical (unpaired) electrons. The van der Waals surface area contributed by atoms with Gasteiger partial charge in [-0.3, -0.25) is 10.1 Å². The maximum atomic E-state index is 10.5. The highest BCUT2D eigenvalue weighted by Crippen LogP contribution is 2.24. The molecule has 0 heterocycles. The van der Waals surface area contributed by atoms with Crippen LogP contribution in [0.15, 0.2) is 28.5 Å². The number of nitrogens with zero attached hydrogens (tertiary/aromatic N) is 4. The first-order valence-electron chi connectivity index (χ1n) is 3.95. The summed E-state index contributed by atoms with van der Waals surface area (Å²) < 4.78 is 0. The van der Waals surface area contributed by atoms with Gasteiger partial charge in [0.2, 0.25) is 0 Å². The third kappa shape index (κ3) is 2.73. The lowest BCUT2D eigenvalue weighted by molar-refractivity contribution is -0.384. The highest BCUT2D eigenvalue weighted by Gasteiger charge is 2.07. The van der Waals surface area contributed by atoms with Crippen LogP contribution in [0.4, 0.5) is 11.4 Å². The molecule has 0 aliphatic rings. The molecule has 0 aliphatic carbocycles. The normalized spacial score (nSPS) is 9.87. The lowest BCUT2D eigenvalue weighted by Gasteiger charge is -1.97. The first kappa shape index (κ1) is 10.6. The molecule has 0 amide bonds. The molecule has 76 valence electrons. The Kier molecular flexibility index (Phi) is 3.29. The second-order valence-electron chi connectivity index (χ2n) is 2.65. The van der Waals surface area contributed by atoms with Crippen LogP contribution < -0.4 is 5.43 Å². The van der Waals surface area contributed by atoms with Crippen molar-refractivity contribution in [2.45, 2.75) is 6.92 Å². The first-order chi connectivity index (χ1) is 7.15. The van der Waals surface area contributed by atoms with Gasteiger partial charge in [0, 0.05) is 12.1 Å². The van der Waals surface area contributed by atoms with E-state index in [0.29, 0.717) is 5.69 Å². The van der Waals surface area contributed by atoms with E-state index in [0.717, 1.165) is 5.56 Å². The summed E-state index contributed by atoms with van der Waals surface area (Å²) in [4.78, 5) is 9.94. The SMILES string of the molecule is Cc1ccc([N+](=O)[O-])cc1N=NNC#N. The van der Waals surface area contributed by atoms with E-state index >= 15 is 0 Å². The van der Waals surface area contributed by atoms with Crippen LogP contribution in [0.1, 0.15) is 5.56 Å². The number of nitrogens with one attached hydrogen (secondary N) is 1. The van der Waals surface area contributed by atoms with Crippen LogP contribution in [0.3, 0.4) is 0 Å². The third-order valence-electron chi connectivity index (χ3n) is 1.66. The van der Waals surface area contributed by atoms with Crippen molar-refractivity contribution in [2.75, 3.05) is 0 Å². The Bertz CT molecular complexity index is 449. The Morgan fingerprint density at radius 1 is 1.60 bits per heavy atom. The van der Waals surface area contributed by atoms with Gasteiger partial charge in [0.1, 0.15) is 0 Å². The minimum atomic E-state index is -0.518. The van der Waals surface area contributed by atoms with Crippen molar-refractivity contribution in [3.63, 3.8) is 0 Å². The third-order valence-corrected chi connectivity index (χ3v) is 1.66. The average molecular weight is 205 g/mol. The van der Waals surface area contributed by atoms with Gasteiger partial charge in [0.15, 0.2) is 6.19 Å². The van der Waals surface area contributed by atoms with Gasteiger partial charge in [0.25, 0.3) is 5.69 Å². The summed E-state index contributed by atoms with van der Waals surface area (Å²) in [6.45, 7) is 1.74. The fourth-order valence-electron chi connectivity index (χ4n) is 0.920. The van der Waals surface area contributed by atoms with Crippen molar-refractivity contribution in [3.8, 4) is 6.19 Å². The van der Waals surface area contributed by atoms with Crippen molar-refractivity contribution in [1.82, 2.24) is 5.43 Å². The van der Waals surface area contributed by atoms with E-state index in [-0.39, 0.29) is 5.69 Å². The molecule has 7 nitrogen and oxygen atoms in total. The first-order valence-corrected chi connectivity index (χ1v) is 3.95. The maximum absolute atomic E-state index is 10.5. The highest BCUT2D eigenvalue weighted by molar-refractivity contribution is 5.52. The van der Waals surface area contributed by atoms with Gasteiger partial charge in [-0.25, -0.2) is 0 Å². The molecule has 7 heteroatoms. The van der Waals surface area contributed by atoms with Crippen molar-refractivity contribution < 1.29 is 4.92 Å². The number of nitriles is 1. The largest absolute Gasteiger partial charge is 0.271 e. The van der Waals surface area contributed by atoms with Crippen LogP contribution in [-0.2, 0) is 0 Å². The molecule has 1 aromatic carbocycles. The number of benzene rings is 1. The maximum Gasteiger partial charge on any atom is 0.271 e. The number of hydrogen-bond acceptors (Lipinski definition) is 5. The zero-order valence-electron chi connectivity index (χ0n) is 7.84. The number of aryl methyl sites for hydroxylation is 1. The molecule has 1 aromatic rings. The topological polar surface area (TPSA) is 104 Å². The van der Waals surface area contributed by atoms with E-state index in [2.05, 4.69) is 10.3 Å². The van der Waals surface area contributed by atoms with E-state index in [1.165, 1.54) is 12.1 Å². The van der Waals surface area contributed by atoms with E-state index < -0.39 is 4.92 Å². The van der Waals surface area contributed by atoms with Gasteiger partial charge >= 0.3 is 0 Å². The van der Waals surface area contributed by atoms with Crippen LogP contribution in [0.5, 0.6) is 0 Å². The van der Waals surface area contributed by atoms with Gasteiger partial charge in [-0.1, -0.05) is 11.3 Å². The van der Waals surface area contributed by atoms with E-state index in [9.17, 15) is 10.1 Å². The molecule has 0 saturated carbocycles. The van der Waals surface area contributed by atoms with Gasteiger partial charge in [0.05, 0.1) is 10.6 Å². The molecule has 1 N–H and O–H groups in total. The Labute approximate surface area is 85.2 Å². The molecular weight excluding hydrogens is 198 g/mol. The fraction of sp³-hybridized carbons (Fsp3) is 0.125. The van der Waals surface area contributed by atoms with E-state index in [1.54, 1.807) is 19.2 Å². The summed E-state index contributed by atoms with van der Waals surface area (Å²) >= 11 is 0. The molecule has 0 atom stereocenters. The van der Waals surface area contributed by atoms with Crippen molar-refractivity contribution in [3.05, 3.63) is 33.9 Å². The standard InChI is InChI=1S/C8H7N5O2/c1-6-2-3-7(13(14)15)4-8(6)11-12-10-5-9/h2-4H,1H3,(H,10,11). The lowest BCUT2D eigenvalue weighted by atomic mass is 10.2. The van der Waals surface area contributed by atoms with Crippen LogP contribution >= 0.6 is 0 Å². The second-order valence-corrected chi connectivity index (χ2v) is 2.65. The lowest BCUT2D eigenvalue weighted by Crippen LogP contribution is -1.90. The molecule has 1 rings (SSSR count). The minimum Gasteiger partial charge on any atom is -0.258 e. The number of hydrogen-bond donors (Lipinski definition) is 1. The monoisotopic (exact) mass is 205 g/mol. The number of non-ortho nitro benzene ring substituents is 1. The molecule has 0 unspecified atom stereocenters. The van der Waals surface area contributed by atoms with Crippen LogP contribution in [-0.4, -0.2) is 4.92 Å². The molecule has 0 spiro atoms. The van der Waals surface area contributed by atoms with Crippen LogP contribution in [0.2, 0.25) is 0 Å². The van der Waals surface area contributed by atoms with Gasteiger partial charge in [-0.15, -0.1) is 5.11 Å². The molecule has 0 saturated heterocycles. The summed E-state index contributed by atoms with van der Waals surface area (Å²) in [6, 6.07) is 4.24. The molecule has 0 aromatic heterocycles. The average Bonchev–Trinajstić information content (AvgIpc) is 2.20.